The molecule has 1 N–H and O–H groups in total. The lowest BCUT2D eigenvalue weighted by Crippen LogP contribution is -2.23. The van der Waals surface area contributed by atoms with E-state index in [0.717, 1.165) is 57.8 Å². The molecule has 0 amide bonds. The molecule has 0 unspecified atom stereocenters. The second kappa shape index (κ2) is 10.2. The van der Waals surface area contributed by atoms with Crippen LogP contribution >= 0.6 is 0 Å². The molecule has 4 aromatic rings. The summed E-state index contributed by atoms with van der Waals surface area (Å²) >= 11 is 0. The highest BCUT2D eigenvalue weighted by Crippen LogP contribution is 2.35. The van der Waals surface area contributed by atoms with Crippen molar-refractivity contribution < 1.29 is 9.90 Å². The Morgan fingerprint density at radius 2 is 1.65 bits per heavy atom. The third-order valence-electron chi connectivity index (χ3n) is 6.57. The Bertz CT molecular complexity index is 1280. The van der Waals surface area contributed by atoms with E-state index in [1.165, 1.54) is 0 Å². The summed E-state index contributed by atoms with van der Waals surface area (Å²) in [5.74, 6) is -0.358. The number of hydrogen-bond donors (Lipinski definition) is 1. The molecule has 0 aliphatic carbocycles. The Morgan fingerprint density at radius 1 is 0.971 bits per heavy atom. The van der Waals surface area contributed by atoms with E-state index >= 15 is 0 Å². The number of carbonyl (C=O) groups is 1. The second-order valence-corrected chi connectivity index (χ2v) is 9.08. The lowest BCUT2D eigenvalue weighted by atomic mass is 9.78. The first-order valence-electron chi connectivity index (χ1n) is 12.1. The molecule has 5 heteroatoms. The molecule has 2 heterocycles. The summed E-state index contributed by atoms with van der Waals surface area (Å²) in [5.41, 5.74) is 7.25. The number of pyridine rings is 1. The average molecular weight is 456 g/mol. The van der Waals surface area contributed by atoms with Crippen LogP contribution in [0.15, 0.2) is 60.7 Å². The van der Waals surface area contributed by atoms with E-state index in [9.17, 15) is 9.90 Å². The zero-order chi connectivity index (χ0) is 24.2. The molecule has 0 spiro atoms. The van der Waals surface area contributed by atoms with Crippen molar-refractivity contribution >= 4 is 17.1 Å². The minimum atomic E-state index is -0.742. The van der Waals surface area contributed by atoms with Crippen LogP contribution < -0.4 is 0 Å². The van der Waals surface area contributed by atoms with Gasteiger partial charge in [0.2, 0.25) is 0 Å². The minimum Gasteiger partial charge on any atom is -0.481 e. The summed E-state index contributed by atoms with van der Waals surface area (Å²) in [6, 6.07) is 20.5. The van der Waals surface area contributed by atoms with Gasteiger partial charge < -0.3 is 9.67 Å². The standard InChI is InChI=1S/C29H33N3O2/c1-5-10-24(29(33)34)26(22-11-8-7-9-12-22)23-15-13-21(14-16-23)18-32-25(6-2)31-27-19(3)17-20(4)30-28(27)32/h7-9,11-17,24,26H,5-6,10,18H2,1-4H3,(H,33,34)/t24-,26+/m1/s1. The van der Waals surface area contributed by atoms with Crippen molar-refractivity contribution in [3.8, 4) is 0 Å². The number of hydrogen-bond acceptors (Lipinski definition) is 3. The molecular weight excluding hydrogens is 422 g/mol. The van der Waals surface area contributed by atoms with Gasteiger partial charge in [0.15, 0.2) is 5.65 Å². The van der Waals surface area contributed by atoms with E-state index in [2.05, 4.69) is 48.7 Å². The molecule has 5 nitrogen and oxygen atoms in total. The fourth-order valence-corrected chi connectivity index (χ4v) is 4.96. The van der Waals surface area contributed by atoms with Gasteiger partial charge in [0, 0.05) is 18.0 Å². The zero-order valence-electron chi connectivity index (χ0n) is 20.5. The van der Waals surface area contributed by atoms with Crippen LogP contribution in [-0.4, -0.2) is 25.6 Å². The number of carboxylic acids is 1. The van der Waals surface area contributed by atoms with Gasteiger partial charge in [-0.3, -0.25) is 4.79 Å². The maximum absolute atomic E-state index is 12.2. The number of rotatable bonds is 9. The lowest BCUT2D eigenvalue weighted by molar-refractivity contribution is -0.142. The molecule has 0 bridgehead atoms. The van der Waals surface area contributed by atoms with E-state index in [1.807, 2.05) is 44.2 Å². The molecule has 0 fully saturated rings. The third kappa shape index (κ3) is 4.74. The van der Waals surface area contributed by atoms with Crippen LogP contribution in [0.2, 0.25) is 0 Å². The van der Waals surface area contributed by atoms with Crippen LogP contribution in [0.25, 0.3) is 11.2 Å². The van der Waals surface area contributed by atoms with E-state index in [0.29, 0.717) is 13.0 Å². The van der Waals surface area contributed by atoms with Crippen LogP contribution in [0.5, 0.6) is 0 Å². The molecule has 0 saturated heterocycles. The van der Waals surface area contributed by atoms with Crippen molar-refractivity contribution in [2.24, 2.45) is 5.92 Å². The third-order valence-corrected chi connectivity index (χ3v) is 6.57. The molecule has 0 aliphatic rings. The number of carboxylic acid groups (broad SMARTS) is 1. The van der Waals surface area contributed by atoms with Gasteiger partial charge in [-0.2, -0.15) is 0 Å². The van der Waals surface area contributed by atoms with Crippen LogP contribution in [0.4, 0.5) is 0 Å². The molecule has 34 heavy (non-hydrogen) atoms. The van der Waals surface area contributed by atoms with Crippen molar-refractivity contribution in [2.45, 2.75) is 59.4 Å². The summed E-state index contributed by atoms with van der Waals surface area (Å²) in [7, 11) is 0. The Kier molecular flexibility index (Phi) is 7.11. The predicted octanol–water partition coefficient (Wildman–Crippen LogP) is 6.29. The van der Waals surface area contributed by atoms with Crippen LogP contribution in [-0.2, 0) is 17.8 Å². The number of imidazole rings is 1. The van der Waals surface area contributed by atoms with Crippen molar-refractivity contribution in [1.82, 2.24) is 14.5 Å². The fourth-order valence-electron chi connectivity index (χ4n) is 4.96. The Morgan fingerprint density at radius 3 is 2.26 bits per heavy atom. The first kappa shape index (κ1) is 23.7. The van der Waals surface area contributed by atoms with Crippen molar-refractivity contribution in [2.75, 3.05) is 0 Å². The fraction of sp³-hybridized carbons (Fsp3) is 0.345. The number of aromatic nitrogens is 3. The number of nitrogens with zero attached hydrogens (tertiary/aromatic N) is 3. The van der Waals surface area contributed by atoms with Gasteiger partial charge in [-0.1, -0.05) is 74.9 Å². The SMILES string of the molecule is CCC[C@@H](C(=O)O)[C@@H](c1ccccc1)c1ccc(Cn2c(CC)nc3c(C)cc(C)nc32)cc1. The van der Waals surface area contributed by atoms with Gasteiger partial charge >= 0.3 is 5.97 Å². The highest BCUT2D eigenvalue weighted by molar-refractivity contribution is 5.76. The number of benzene rings is 2. The average Bonchev–Trinajstić information content (AvgIpc) is 3.18. The maximum Gasteiger partial charge on any atom is 0.307 e. The molecule has 0 saturated carbocycles. The topological polar surface area (TPSA) is 68.0 Å². The second-order valence-electron chi connectivity index (χ2n) is 9.08. The van der Waals surface area contributed by atoms with Gasteiger partial charge in [-0.05, 0) is 48.6 Å². The molecule has 0 radical (unpaired) electrons. The molecule has 2 atom stereocenters. The van der Waals surface area contributed by atoms with Gasteiger partial charge in [-0.25, -0.2) is 9.97 Å². The maximum atomic E-state index is 12.2. The summed E-state index contributed by atoms with van der Waals surface area (Å²) < 4.78 is 2.20. The Hall–Kier alpha value is -3.47. The smallest absolute Gasteiger partial charge is 0.307 e. The van der Waals surface area contributed by atoms with Gasteiger partial charge in [0.1, 0.15) is 11.3 Å². The van der Waals surface area contributed by atoms with Crippen molar-refractivity contribution in [1.29, 1.82) is 0 Å². The van der Waals surface area contributed by atoms with Gasteiger partial charge in [0.05, 0.1) is 12.5 Å². The van der Waals surface area contributed by atoms with E-state index < -0.39 is 11.9 Å². The summed E-state index contributed by atoms with van der Waals surface area (Å²) in [6.07, 6.45) is 2.31. The predicted molar refractivity (Wildman–Crippen MR) is 136 cm³/mol. The van der Waals surface area contributed by atoms with Crippen LogP contribution in [0.1, 0.15) is 66.4 Å². The number of aliphatic carboxylic acids is 1. The van der Waals surface area contributed by atoms with E-state index in [-0.39, 0.29) is 5.92 Å². The highest BCUT2D eigenvalue weighted by Gasteiger charge is 2.30. The number of aryl methyl sites for hydroxylation is 3. The van der Waals surface area contributed by atoms with Crippen LogP contribution in [0.3, 0.4) is 0 Å². The molecule has 176 valence electrons. The quantitative estimate of drug-likeness (QED) is 0.322. The lowest BCUT2D eigenvalue weighted by Gasteiger charge is -2.25. The van der Waals surface area contributed by atoms with Gasteiger partial charge in [-0.15, -0.1) is 0 Å². The summed E-state index contributed by atoms with van der Waals surface area (Å²) in [6.45, 7) is 8.94. The Labute approximate surface area is 201 Å². The minimum absolute atomic E-state index is 0.181. The molecule has 0 aliphatic heterocycles. The summed E-state index contributed by atoms with van der Waals surface area (Å²) in [4.78, 5) is 21.8. The van der Waals surface area contributed by atoms with Gasteiger partial charge in [0.25, 0.3) is 0 Å². The molecule has 2 aromatic carbocycles. The van der Waals surface area contributed by atoms with E-state index in [4.69, 9.17) is 9.97 Å². The first-order valence-corrected chi connectivity index (χ1v) is 12.1. The van der Waals surface area contributed by atoms with Crippen molar-refractivity contribution in [3.63, 3.8) is 0 Å². The summed E-state index contributed by atoms with van der Waals surface area (Å²) in [5, 5.41) is 10.0. The van der Waals surface area contributed by atoms with Crippen LogP contribution in [0, 0.1) is 19.8 Å². The Balaban J connectivity index is 1.70. The largest absolute Gasteiger partial charge is 0.481 e. The van der Waals surface area contributed by atoms with Crippen molar-refractivity contribution in [3.05, 3.63) is 94.4 Å². The highest BCUT2D eigenvalue weighted by atomic mass is 16.4. The zero-order valence-corrected chi connectivity index (χ0v) is 20.5. The number of fused-ring (bicyclic) bond motifs is 1. The monoisotopic (exact) mass is 455 g/mol. The molecule has 2 aromatic heterocycles. The normalized spacial score (nSPS) is 13.2. The molecular formula is C29H33N3O2. The van der Waals surface area contributed by atoms with E-state index in [1.54, 1.807) is 0 Å². The first-order chi connectivity index (χ1) is 16.4. The molecule has 4 rings (SSSR count).